The molecule has 0 aliphatic carbocycles. The SMILES string of the molecule is CCNC(=O)CN(C)c1cc(C#N)ccc1C(C)O. The number of nitrogens with zero attached hydrogens (tertiary/aromatic N) is 2. The standard InChI is InChI=1S/C14H19N3O2/c1-4-16-14(19)9-17(3)13-7-11(8-15)5-6-12(13)10(2)18/h5-7,10,18H,4,9H2,1-3H3,(H,16,19). The molecule has 1 atom stereocenters. The summed E-state index contributed by atoms with van der Waals surface area (Å²) in [5.41, 5.74) is 1.90. The Labute approximate surface area is 113 Å². The number of anilines is 1. The number of hydrogen-bond donors (Lipinski definition) is 2. The fraction of sp³-hybridized carbons (Fsp3) is 0.429. The van der Waals surface area contributed by atoms with E-state index in [-0.39, 0.29) is 12.5 Å². The van der Waals surface area contributed by atoms with Crippen molar-refractivity contribution in [2.24, 2.45) is 0 Å². The fourth-order valence-corrected chi connectivity index (χ4v) is 1.85. The number of aliphatic hydroxyl groups is 1. The summed E-state index contributed by atoms with van der Waals surface area (Å²) in [5.74, 6) is -0.0936. The van der Waals surface area contributed by atoms with Gasteiger partial charge in [-0.1, -0.05) is 6.07 Å². The molecule has 1 amide bonds. The summed E-state index contributed by atoms with van der Waals surface area (Å²) >= 11 is 0. The van der Waals surface area contributed by atoms with E-state index in [0.29, 0.717) is 23.4 Å². The van der Waals surface area contributed by atoms with Crippen LogP contribution in [0.4, 0.5) is 5.69 Å². The third-order valence-corrected chi connectivity index (χ3v) is 2.78. The molecule has 1 aromatic carbocycles. The van der Waals surface area contributed by atoms with Crippen LogP contribution in [0, 0.1) is 11.3 Å². The summed E-state index contributed by atoms with van der Waals surface area (Å²) in [6.45, 7) is 4.27. The summed E-state index contributed by atoms with van der Waals surface area (Å²) < 4.78 is 0. The molecular formula is C14H19N3O2. The van der Waals surface area contributed by atoms with E-state index in [4.69, 9.17) is 5.26 Å². The van der Waals surface area contributed by atoms with Crippen LogP contribution in [-0.2, 0) is 4.79 Å². The van der Waals surface area contributed by atoms with Crippen molar-refractivity contribution in [3.05, 3.63) is 29.3 Å². The molecule has 0 aliphatic rings. The highest BCUT2D eigenvalue weighted by molar-refractivity contribution is 5.81. The summed E-state index contributed by atoms with van der Waals surface area (Å²) in [7, 11) is 1.76. The summed E-state index contributed by atoms with van der Waals surface area (Å²) in [4.78, 5) is 13.3. The van der Waals surface area contributed by atoms with Crippen molar-refractivity contribution in [1.82, 2.24) is 5.32 Å². The second kappa shape index (κ2) is 6.76. The maximum absolute atomic E-state index is 11.6. The lowest BCUT2D eigenvalue weighted by Gasteiger charge is -2.23. The number of rotatable bonds is 5. The average Bonchev–Trinajstić information content (AvgIpc) is 2.37. The van der Waals surface area contributed by atoms with Gasteiger partial charge in [0.1, 0.15) is 0 Å². The average molecular weight is 261 g/mol. The van der Waals surface area contributed by atoms with E-state index in [1.807, 2.05) is 6.92 Å². The van der Waals surface area contributed by atoms with Gasteiger partial charge in [0, 0.05) is 24.8 Å². The smallest absolute Gasteiger partial charge is 0.239 e. The molecule has 1 aromatic rings. The number of carbonyl (C=O) groups is 1. The van der Waals surface area contributed by atoms with Gasteiger partial charge in [-0.05, 0) is 26.0 Å². The number of nitriles is 1. The van der Waals surface area contributed by atoms with Crippen molar-refractivity contribution in [1.29, 1.82) is 5.26 Å². The number of benzene rings is 1. The minimum Gasteiger partial charge on any atom is -0.389 e. The van der Waals surface area contributed by atoms with Crippen LogP contribution < -0.4 is 10.2 Å². The van der Waals surface area contributed by atoms with E-state index in [1.165, 1.54) is 0 Å². The van der Waals surface area contributed by atoms with Gasteiger partial charge in [0.15, 0.2) is 0 Å². The van der Waals surface area contributed by atoms with Gasteiger partial charge in [-0.2, -0.15) is 5.26 Å². The Bertz CT molecular complexity index is 492. The Kier molecular flexibility index (Phi) is 5.34. The van der Waals surface area contributed by atoms with E-state index in [2.05, 4.69) is 11.4 Å². The van der Waals surface area contributed by atoms with Crippen LogP contribution in [0.1, 0.15) is 31.1 Å². The number of likely N-dealkylation sites (N-methyl/N-ethyl adjacent to an activating group) is 2. The number of amides is 1. The van der Waals surface area contributed by atoms with Crippen molar-refractivity contribution >= 4 is 11.6 Å². The fourth-order valence-electron chi connectivity index (χ4n) is 1.85. The molecule has 1 rings (SSSR count). The van der Waals surface area contributed by atoms with E-state index < -0.39 is 6.10 Å². The second-order valence-corrected chi connectivity index (χ2v) is 4.37. The van der Waals surface area contributed by atoms with Crippen molar-refractivity contribution in [3.8, 4) is 6.07 Å². The minimum atomic E-state index is -0.653. The van der Waals surface area contributed by atoms with Gasteiger partial charge in [-0.3, -0.25) is 4.79 Å². The first-order valence-electron chi connectivity index (χ1n) is 6.19. The lowest BCUT2D eigenvalue weighted by molar-refractivity contribution is -0.119. The molecule has 102 valence electrons. The number of carbonyl (C=O) groups excluding carboxylic acids is 1. The van der Waals surface area contributed by atoms with Crippen LogP contribution in [0.2, 0.25) is 0 Å². The Hall–Kier alpha value is -2.06. The van der Waals surface area contributed by atoms with Crippen LogP contribution in [0.15, 0.2) is 18.2 Å². The molecular weight excluding hydrogens is 242 g/mol. The van der Waals surface area contributed by atoms with Crippen molar-refractivity contribution in [2.45, 2.75) is 20.0 Å². The molecule has 0 saturated carbocycles. The Balaban J connectivity index is 3.02. The first-order chi connectivity index (χ1) is 8.99. The molecule has 5 heteroatoms. The topological polar surface area (TPSA) is 76.4 Å². The Morgan fingerprint density at radius 1 is 1.58 bits per heavy atom. The van der Waals surface area contributed by atoms with Crippen molar-refractivity contribution in [3.63, 3.8) is 0 Å². The van der Waals surface area contributed by atoms with Crippen molar-refractivity contribution in [2.75, 3.05) is 25.0 Å². The molecule has 0 heterocycles. The summed E-state index contributed by atoms with van der Waals surface area (Å²) in [5, 5.41) is 21.4. The zero-order chi connectivity index (χ0) is 14.4. The van der Waals surface area contributed by atoms with Gasteiger partial charge < -0.3 is 15.3 Å². The van der Waals surface area contributed by atoms with Crippen LogP contribution in [-0.4, -0.2) is 31.2 Å². The molecule has 0 radical (unpaired) electrons. The van der Waals surface area contributed by atoms with Crippen molar-refractivity contribution < 1.29 is 9.90 Å². The third kappa shape index (κ3) is 3.97. The lowest BCUT2D eigenvalue weighted by atomic mass is 10.0. The molecule has 0 bridgehead atoms. The molecule has 5 nitrogen and oxygen atoms in total. The van der Waals surface area contributed by atoms with E-state index in [1.54, 1.807) is 37.1 Å². The zero-order valence-corrected chi connectivity index (χ0v) is 11.5. The molecule has 2 N–H and O–H groups in total. The van der Waals surface area contributed by atoms with Gasteiger partial charge in [-0.25, -0.2) is 0 Å². The molecule has 0 fully saturated rings. The maximum atomic E-state index is 11.6. The van der Waals surface area contributed by atoms with Crippen LogP contribution in [0.25, 0.3) is 0 Å². The first kappa shape index (κ1) is 15.0. The Morgan fingerprint density at radius 3 is 2.79 bits per heavy atom. The molecule has 19 heavy (non-hydrogen) atoms. The highest BCUT2D eigenvalue weighted by Crippen LogP contribution is 2.26. The maximum Gasteiger partial charge on any atom is 0.239 e. The summed E-state index contributed by atoms with van der Waals surface area (Å²) in [6, 6.07) is 7.11. The van der Waals surface area contributed by atoms with E-state index in [0.717, 1.165) is 0 Å². The van der Waals surface area contributed by atoms with Gasteiger partial charge >= 0.3 is 0 Å². The minimum absolute atomic E-state index is 0.0936. The second-order valence-electron chi connectivity index (χ2n) is 4.37. The number of nitrogens with one attached hydrogen (secondary N) is 1. The zero-order valence-electron chi connectivity index (χ0n) is 11.5. The van der Waals surface area contributed by atoms with E-state index >= 15 is 0 Å². The Morgan fingerprint density at radius 2 is 2.26 bits per heavy atom. The quantitative estimate of drug-likeness (QED) is 0.834. The highest BCUT2D eigenvalue weighted by Gasteiger charge is 2.14. The number of aliphatic hydroxyl groups excluding tert-OH is 1. The first-order valence-corrected chi connectivity index (χ1v) is 6.19. The molecule has 1 unspecified atom stereocenters. The largest absolute Gasteiger partial charge is 0.389 e. The molecule has 0 spiro atoms. The predicted octanol–water partition coefficient (Wildman–Crippen LogP) is 1.18. The molecule has 0 saturated heterocycles. The molecule has 0 aliphatic heterocycles. The lowest BCUT2D eigenvalue weighted by Crippen LogP contribution is -2.35. The predicted molar refractivity (Wildman–Crippen MR) is 73.7 cm³/mol. The van der Waals surface area contributed by atoms with E-state index in [9.17, 15) is 9.90 Å². The van der Waals surface area contributed by atoms with Gasteiger partial charge in [0.05, 0.1) is 24.3 Å². The van der Waals surface area contributed by atoms with Crippen LogP contribution in [0.5, 0.6) is 0 Å². The van der Waals surface area contributed by atoms with Gasteiger partial charge in [0.2, 0.25) is 5.91 Å². The summed E-state index contributed by atoms with van der Waals surface area (Å²) in [6.07, 6.45) is -0.653. The monoisotopic (exact) mass is 261 g/mol. The molecule has 0 aromatic heterocycles. The number of hydrogen-bond acceptors (Lipinski definition) is 4. The third-order valence-electron chi connectivity index (χ3n) is 2.78. The van der Waals surface area contributed by atoms with Gasteiger partial charge in [-0.15, -0.1) is 0 Å². The highest BCUT2D eigenvalue weighted by atomic mass is 16.3. The normalized spacial score (nSPS) is 11.5. The van der Waals surface area contributed by atoms with Gasteiger partial charge in [0.25, 0.3) is 0 Å². The van der Waals surface area contributed by atoms with Crippen LogP contribution in [0.3, 0.4) is 0 Å². The van der Waals surface area contributed by atoms with Crippen LogP contribution >= 0.6 is 0 Å².